The predicted octanol–water partition coefficient (Wildman–Crippen LogP) is 4.13. The molecule has 0 aliphatic rings. The zero-order valence-electron chi connectivity index (χ0n) is 16.1. The van der Waals surface area contributed by atoms with Gasteiger partial charge in [0.25, 0.3) is 0 Å². The fourth-order valence-electron chi connectivity index (χ4n) is 2.57. The van der Waals surface area contributed by atoms with Crippen molar-refractivity contribution < 1.29 is 9.47 Å². The van der Waals surface area contributed by atoms with Crippen LogP contribution in [-0.2, 0) is 6.61 Å². The van der Waals surface area contributed by atoms with Crippen molar-refractivity contribution in [3.63, 3.8) is 0 Å². The first-order valence-corrected chi connectivity index (χ1v) is 8.85. The van der Waals surface area contributed by atoms with Crippen molar-refractivity contribution in [2.24, 2.45) is 0 Å². The third-order valence-electron chi connectivity index (χ3n) is 3.91. The van der Waals surface area contributed by atoms with Gasteiger partial charge in [0.1, 0.15) is 6.61 Å². The maximum absolute atomic E-state index is 5.84. The number of anilines is 3. The molecule has 0 spiro atoms. The van der Waals surface area contributed by atoms with Crippen LogP contribution in [0.4, 0.5) is 17.6 Å². The molecule has 3 N–H and O–H groups in total. The number of allylic oxidation sites excluding steroid dienone is 1. The van der Waals surface area contributed by atoms with Crippen LogP contribution in [0.1, 0.15) is 23.9 Å². The fourth-order valence-corrected chi connectivity index (χ4v) is 2.57. The van der Waals surface area contributed by atoms with Crippen LogP contribution >= 0.6 is 0 Å². The van der Waals surface area contributed by atoms with Gasteiger partial charge in [-0.15, -0.1) is 0 Å². The molecule has 2 aromatic carbocycles. The van der Waals surface area contributed by atoms with Crippen LogP contribution in [0.5, 0.6) is 11.5 Å². The molecule has 1 heterocycles. The summed E-state index contributed by atoms with van der Waals surface area (Å²) in [6, 6.07) is 13.6. The van der Waals surface area contributed by atoms with Crippen molar-refractivity contribution in [2.45, 2.75) is 20.5 Å². The number of aryl methyl sites for hydroxylation is 1. The lowest BCUT2D eigenvalue weighted by Crippen LogP contribution is -2.09. The van der Waals surface area contributed by atoms with Crippen molar-refractivity contribution in [3.05, 3.63) is 65.5 Å². The molecule has 144 valence electrons. The lowest BCUT2D eigenvalue weighted by Gasteiger charge is -2.12. The number of aromatic nitrogens is 3. The molecule has 0 amide bonds. The SMILES string of the molecule is C/C=C/c1ccc(OCc2nc(N)nc(Nc3ccc(C)cc3)n2)c(OC)c1. The van der Waals surface area contributed by atoms with Crippen molar-refractivity contribution in [3.8, 4) is 11.5 Å². The van der Waals surface area contributed by atoms with Crippen LogP contribution < -0.4 is 20.5 Å². The normalized spacial score (nSPS) is 10.8. The molecule has 28 heavy (non-hydrogen) atoms. The monoisotopic (exact) mass is 377 g/mol. The van der Waals surface area contributed by atoms with Gasteiger partial charge in [-0.3, -0.25) is 0 Å². The van der Waals surface area contributed by atoms with Gasteiger partial charge in [0, 0.05) is 5.69 Å². The highest BCUT2D eigenvalue weighted by Crippen LogP contribution is 2.29. The first-order valence-electron chi connectivity index (χ1n) is 8.85. The van der Waals surface area contributed by atoms with Crippen LogP contribution in [0.2, 0.25) is 0 Å². The molecule has 0 unspecified atom stereocenters. The molecule has 0 atom stereocenters. The summed E-state index contributed by atoms with van der Waals surface area (Å²) in [5.74, 6) is 2.14. The summed E-state index contributed by atoms with van der Waals surface area (Å²) in [5.41, 5.74) is 8.89. The van der Waals surface area contributed by atoms with Crippen LogP contribution in [0.3, 0.4) is 0 Å². The molecule has 7 nitrogen and oxygen atoms in total. The molecular formula is C21H23N5O2. The second-order valence-corrected chi connectivity index (χ2v) is 6.12. The minimum absolute atomic E-state index is 0.124. The second kappa shape index (κ2) is 8.85. The highest BCUT2D eigenvalue weighted by molar-refractivity contribution is 5.56. The molecule has 0 radical (unpaired) electrons. The van der Waals surface area contributed by atoms with Crippen LogP contribution in [0.25, 0.3) is 6.08 Å². The number of methoxy groups -OCH3 is 1. The quantitative estimate of drug-likeness (QED) is 0.639. The molecule has 3 rings (SSSR count). The van der Waals surface area contributed by atoms with E-state index in [0.29, 0.717) is 23.3 Å². The van der Waals surface area contributed by atoms with E-state index in [2.05, 4.69) is 20.3 Å². The first kappa shape index (κ1) is 19.2. The molecule has 7 heteroatoms. The van der Waals surface area contributed by atoms with Crippen LogP contribution in [0, 0.1) is 6.92 Å². The molecular weight excluding hydrogens is 354 g/mol. The Morgan fingerprint density at radius 1 is 1.04 bits per heavy atom. The van der Waals surface area contributed by atoms with Crippen LogP contribution in [0.15, 0.2) is 48.5 Å². The van der Waals surface area contributed by atoms with E-state index in [1.54, 1.807) is 7.11 Å². The Hall–Kier alpha value is -3.61. The molecule has 1 aromatic heterocycles. The molecule has 0 aliphatic carbocycles. The average Bonchev–Trinajstić information content (AvgIpc) is 2.68. The minimum Gasteiger partial charge on any atom is -0.493 e. The highest BCUT2D eigenvalue weighted by atomic mass is 16.5. The number of nitrogens with one attached hydrogen (secondary N) is 1. The number of hydrogen-bond acceptors (Lipinski definition) is 7. The minimum atomic E-state index is 0.124. The molecule has 0 saturated carbocycles. The summed E-state index contributed by atoms with van der Waals surface area (Å²) in [6.07, 6.45) is 3.95. The lowest BCUT2D eigenvalue weighted by molar-refractivity contribution is 0.276. The Kier molecular flexibility index (Phi) is 6.06. The first-order chi connectivity index (χ1) is 13.6. The van der Waals surface area contributed by atoms with Crippen LogP contribution in [-0.4, -0.2) is 22.1 Å². The van der Waals surface area contributed by atoms with Gasteiger partial charge in [-0.25, -0.2) is 0 Å². The van der Waals surface area contributed by atoms with Crippen molar-refractivity contribution in [2.75, 3.05) is 18.2 Å². The number of ether oxygens (including phenoxy) is 2. The largest absolute Gasteiger partial charge is 0.493 e. The molecule has 0 saturated heterocycles. The second-order valence-electron chi connectivity index (χ2n) is 6.12. The number of nitrogens with two attached hydrogens (primary N) is 1. The Balaban J connectivity index is 1.74. The summed E-state index contributed by atoms with van der Waals surface area (Å²) < 4.78 is 11.2. The van der Waals surface area contributed by atoms with Gasteiger partial charge in [0.15, 0.2) is 17.3 Å². The zero-order valence-corrected chi connectivity index (χ0v) is 16.1. The van der Waals surface area contributed by atoms with Crippen molar-refractivity contribution in [1.82, 2.24) is 15.0 Å². The number of rotatable bonds is 7. The van der Waals surface area contributed by atoms with E-state index in [0.717, 1.165) is 11.3 Å². The molecule has 0 aliphatic heterocycles. The van der Waals surface area contributed by atoms with E-state index in [-0.39, 0.29) is 12.6 Å². The standard InChI is InChI=1S/C21H23N5O2/c1-4-5-15-8-11-17(18(12-15)27-3)28-13-19-24-20(22)26-21(25-19)23-16-9-6-14(2)7-10-16/h4-12H,13H2,1-3H3,(H3,22,23,24,25,26)/b5-4+. The maximum atomic E-state index is 5.84. The van der Waals surface area contributed by atoms with Gasteiger partial charge in [-0.1, -0.05) is 35.9 Å². The summed E-state index contributed by atoms with van der Waals surface area (Å²) in [5, 5.41) is 3.12. The topological polar surface area (TPSA) is 95.2 Å². The van der Waals surface area contributed by atoms with Gasteiger partial charge in [-0.2, -0.15) is 15.0 Å². The summed E-state index contributed by atoms with van der Waals surface area (Å²) in [4.78, 5) is 12.7. The Labute approximate surface area is 164 Å². The number of benzene rings is 2. The van der Waals surface area contributed by atoms with Gasteiger partial charge >= 0.3 is 0 Å². The maximum Gasteiger partial charge on any atom is 0.232 e. The number of hydrogen-bond donors (Lipinski definition) is 2. The van der Waals surface area contributed by atoms with Crippen molar-refractivity contribution >= 4 is 23.7 Å². The van der Waals surface area contributed by atoms with E-state index >= 15 is 0 Å². The van der Waals surface area contributed by atoms with Gasteiger partial charge in [0.05, 0.1) is 7.11 Å². The Morgan fingerprint density at radius 3 is 2.54 bits per heavy atom. The molecule has 3 aromatic rings. The average molecular weight is 377 g/mol. The summed E-state index contributed by atoms with van der Waals surface area (Å²) in [6.45, 7) is 4.12. The van der Waals surface area contributed by atoms with E-state index in [9.17, 15) is 0 Å². The Bertz CT molecular complexity index is 971. The van der Waals surface area contributed by atoms with E-state index in [4.69, 9.17) is 15.2 Å². The number of nitrogen functional groups attached to an aromatic ring is 1. The van der Waals surface area contributed by atoms with Gasteiger partial charge in [0.2, 0.25) is 11.9 Å². The van der Waals surface area contributed by atoms with E-state index in [1.165, 1.54) is 5.56 Å². The lowest BCUT2D eigenvalue weighted by atomic mass is 10.2. The molecule has 0 bridgehead atoms. The van der Waals surface area contributed by atoms with Gasteiger partial charge < -0.3 is 20.5 Å². The van der Waals surface area contributed by atoms with Gasteiger partial charge in [-0.05, 0) is 43.7 Å². The Morgan fingerprint density at radius 2 is 1.82 bits per heavy atom. The summed E-state index contributed by atoms with van der Waals surface area (Å²) >= 11 is 0. The van der Waals surface area contributed by atoms with E-state index in [1.807, 2.05) is 68.5 Å². The highest BCUT2D eigenvalue weighted by Gasteiger charge is 2.09. The summed E-state index contributed by atoms with van der Waals surface area (Å²) in [7, 11) is 1.60. The van der Waals surface area contributed by atoms with E-state index < -0.39 is 0 Å². The third kappa shape index (κ3) is 4.97. The molecule has 0 fully saturated rings. The third-order valence-corrected chi connectivity index (χ3v) is 3.91. The van der Waals surface area contributed by atoms with Crippen molar-refractivity contribution in [1.29, 1.82) is 0 Å². The fraction of sp³-hybridized carbons (Fsp3) is 0.190. The number of nitrogens with zero attached hydrogens (tertiary/aromatic N) is 3. The smallest absolute Gasteiger partial charge is 0.232 e. The predicted molar refractivity (Wildman–Crippen MR) is 111 cm³/mol. The zero-order chi connectivity index (χ0) is 19.9.